The Morgan fingerprint density at radius 2 is 2.29 bits per heavy atom. The van der Waals surface area contributed by atoms with Crippen molar-refractivity contribution in [1.82, 2.24) is 0 Å². The van der Waals surface area contributed by atoms with Crippen LogP contribution < -0.4 is 10.6 Å². The predicted octanol–water partition coefficient (Wildman–Crippen LogP) is 2.44. The third kappa shape index (κ3) is 2.96. The lowest BCUT2D eigenvalue weighted by Gasteiger charge is -2.36. The number of thioether (sulfide) groups is 1. The summed E-state index contributed by atoms with van der Waals surface area (Å²) in [6.07, 6.45) is 0.980. The summed E-state index contributed by atoms with van der Waals surface area (Å²) in [5, 5.41) is 0. The van der Waals surface area contributed by atoms with Crippen LogP contribution in [0.2, 0.25) is 0 Å². The van der Waals surface area contributed by atoms with Crippen LogP contribution in [0.4, 0.5) is 5.69 Å². The summed E-state index contributed by atoms with van der Waals surface area (Å²) in [6.45, 7) is 6.36. The first-order chi connectivity index (χ1) is 8.22. The Balaban J connectivity index is 2.29. The Morgan fingerprint density at radius 1 is 1.47 bits per heavy atom. The van der Waals surface area contributed by atoms with Gasteiger partial charge in [-0.15, -0.1) is 0 Å². The van der Waals surface area contributed by atoms with Crippen LogP contribution in [-0.4, -0.2) is 30.6 Å². The lowest BCUT2D eigenvalue weighted by atomic mass is 10.0. The molecule has 17 heavy (non-hydrogen) atoms. The largest absolute Gasteiger partial charge is 0.367 e. The van der Waals surface area contributed by atoms with Crippen molar-refractivity contribution in [2.24, 2.45) is 5.73 Å². The lowest BCUT2D eigenvalue weighted by Crippen LogP contribution is -2.41. The van der Waals surface area contributed by atoms with E-state index in [1.54, 1.807) is 0 Å². The Hall–Kier alpha value is -0.670. The number of hydrogen-bond acceptors (Lipinski definition) is 3. The molecule has 0 saturated carbocycles. The topological polar surface area (TPSA) is 29.3 Å². The summed E-state index contributed by atoms with van der Waals surface area (Å²) < 4.78 is 0. The zero-order chi connectivity index (χ0) is 12.3. The molecular weight excluding hydrogens is 228 g/mol. The molecule has 1 atom stereocenters. The maximum absolute atomic E-state index is 5.72. The van der Waals surface area contributed by atoms with Crippen molar-refractivity contribution in [1.29, 1.82) is 0 Å². The van der Waals surface area contributed by atoms with E-state index in [1.165, 1.54) is 28.3 Å². The molecule has 1 unspecified atom stereocenters. The standard InChI is InChI=1S/C14H22N2S/c1-11-3-4-14(13(9-11)5-6-15)16-7-8-17-10-12(16)2/h3-4,9,12H,5-8,10,15H2,1-2H3. The second kappa shape index (κ2) is 5.78. The van der Waals surface area contributed by atoms with Gasteiger partial charge in [-0.2, -0.15) is 11.8 Å². The van der Waals surface area contributed by atoms with Gasteiger partial charge in [0, 0.05) is 29.8 Å². The van der Waals surface area contributed by atoms with E-state index in [9.17, 15) is 0 Å². The highest BCUT2D eigenvalue weighted by molar-refractivity contribution is 7.99. The molecule has 2 nitrogen and oxygen atoms in total. The smallest absolute Gasteiger partial charge is 0.0402 e. The fraction of sp³-hybridized carbons (Fsp3) is 0.571. The second-order valence-corrected chi connectivity index (χ2v) is 5.94. The molecule has 1 aromatic rings. The molecule has 0 aliphatic carbocycles. The molecule has 1 fully saturated rings. The van der Waals surface area contributed by atoms with Gasteiger partial charge in [0.05, 0.1) is 0 Å². The van der Waals surface area contributed by atoms with Crippen LogP contribution in [-0.2, 0) is 6.42 Å². The molecule has 1 aromatic carbocycles. The van der Waals surface area contributed by atoms with Gasteiger partial charge in [-0.25, -0.2) is 0 Å². The number of nitrogens with two attached hydrogens (primary N) is 1. The molecule has 0 amide bonds. The summed E-state index contributed by atoms with van der Waals surface area (Å²) >= 11 is 2.06. The minimum absolute atomic E-state index is 0.632. The van der Waals surface area contributed by atoms with E-state index in [0.717, 1.165) is 19.5 Å². The molecule has 0 spiro atoms. The minimum Gasteiger partial charge on any atom is -0.367 e. The Bertz CT molecular complexity index is 378. The molecule has 1 aliphatic heterocycles. The molecule has 94 valence electrons. The van der Waals surface area contributed by atoms with Gasteiger partial charge in [0.2, 0.25) is 0 Å². The maximum atomic E-state index is 5.72. The summed E-state index contributed by atoms with van der Waals surface area (Å²) in [6, 6.07) is 7.40. The van der Waals surface area contributed by atoms with Crippen molar-refractivity contribution < 1.29 is 0 Å². The SMILES string of the molecule is Cc1ccc(N2CCSCC2C)c(CCN)c1. The van der Waals surface area contributed by atoms with E-state index in [0.29, 0.717) is 6.04 Å². The predicted molar refractivity (Wildman–Crippen MR) is 78.1 cm³/mol. The molecule has 0 bridgehead atoms. The number of anilines is 1. The van der Waals surface area contributed by atoms with Gasteiger partial charge in [0.15, 0.2) is 0 Å². The van der Waals surface area contributed by atoms with Crippen molar-refractivity contribution in [2.45, 2.75) is 26.3 Å². The normalized spacial score (nSPS) is 20.6. The zero-order valence-electron chi connectivity index (χ0n) is 10.8. The van der Waals surface area contributed by atoms with Gasteiger partial charge in [-0.1, -0.05) is 17.7 Å². The maximum Gasteiger partial charge on any atom is 0.0402 e. The molecule has 0 aromatic heterocycles. The van der Waals surface area contributed by atoms with Crippen molar-refractivity contribution in [3.05, 3.63) is 29.3 Å². The number of aryl methyl sites for hydroxylation is 1. The van der Waals surface area contributed by atoms with Gasteiger partial charge in [-0.05, 0) is 38.4 Å². The average Bonchev–Trinajstić information content (AvgIpc) is 2.31. The monoisotopic (exact) mass is 250 g/mol. The highest BCUT2D eigenvalue weighted by Gasteiger charge is 2.20. The van der Waals surface area contributed by atoms with Crippen LogP contribution in [0, 0.1) is 6.92 Å². The van der Waals surface area contributed by atoms with Crippen molar-refractivity contribution >= 4 is 17.4 Å². The summed E-state index contributed by atoms with van der Waals surface area (Å²) in [5.41, 5.74) is 9.86. The fourth-order valence-electron chi connectivity index (χ4n) is 2.44. The molecule has 3 heteroatoms. The van der Waals surface area contributed by atoms with E-state index >= 15 is 0 Å². The number of rotatable bonds is 3. The van der Waals surface area contributed by atoms with Crippen LogP contribution in [0.3, 0.4) is 0 Å². The minimum atomic E-state index is 0.632. The number of hydrogen-bond donors (Lipinski definition) is 1. The van der Waals surface area contributed by atoms with E-state index in [-0.39, 0.29) is 0 Å². The van der Waals surface area contributed by atoms with Crippen molar-refractivity contribution in [3.8, 4) is 0 Å². The van der Waals surface area contributed by atoms with Gasteiger partial charge in [0.25, 0.3) is 0 Å². The molecule has 1 heterocycles. The Kier molecular flexibility index (Phi) is 4.35. The summed E-state index contributed by atoms with van der Waals surface area (Å²) in [5.74, 6) is 2.47. The van der Waals surface area contributed by atoms with Crippen LogP contribution in [0.1, 0.15) is 18.1 Å². The fourth-order valence-corrected chi connectivity index (χ4v) is 3.45. The van der Waals surface area contributed by atoms with Gasteiger partial charge < -0.3 is 10.6 Å². The number of benzene rings is 1. The van der Waals surface area contributed by atoms with Gasteiger partial charge in [0.1, 0.15) is 0 Å². The quantitative estimate of drug-likeness (QED) is 0.893. The van der Waals surface area contributed by atoms with Crippen molar-refractivity contribution in [3.63, 3.8) is 0 Å². The molecule has 0 radical (unpaired) electrons. The molecule has 2 N–H and O–H groups in total. The Labute approximate surface area is 109 Å². The van der Waals surface area contributed by atoms with E-state index in [1.807, 2.05) is 0 Å². The number of nitrogens with zero attached hydrogens (tertiary/aromatic N) is 1. The average molecular weight is 250 g/mol. The van der Waals surface area contributed by atoms with Crippen LogP contribution >= 0.6 is 11.8 Å². The van der Waals surface area contributed by atoms with Crippen LogP contribution in [0.25, 0.3) is 0 Å². The zero-order valence-corrected chi connectivity index (χ0v) is 11.6. The second-order valence-electron chi connectivity index (χ2n) is 4.79. The Morgan fingerprint density at radius 3 is 3.00 bits per heavy atom. The first kappa shape index (κ1) is 12.8. The highest BCUT2D eigenvalue weighted by Crippen LogP contribution is 2.28. The summed E-state index contributed by atoms with van der Waals surface area (Å²) in [4.78, 5) is 2.54. The van der Waals surface area contributed by atoms with Crippen LogP contribution in [0.15, 0.2) is 18.2 Å². The van der Waals surface area contributed by atoms with Gasteiger partial charge >= 0.3 is 0 Å². The molecular formula is C14H22N2S. The summed E-state index contributed by atoms with van der Waals surface area (Å²) in [7, 11) is 0. The third-order valence-electron chi connectivity index (χ3n) is 3.33. The van der Waals surface area contributed by atoms with Crippen molar-refractivity contribution in [2.75, 3.05) is 29.5 Å². The molecule has 1 aliphatic rings. The third-order valence-corrected chi connectivity index (χ3v) is 4.52. The van der Waals surface area contributed by atoms with E-state index in [2.05, 4.69) is 48.7 Å². The first-order valence-electron chi connectivity index (χ1n) is 6.36. The van der Waals surface area contributed by atoms with Gasteiger partial charge in [-0.3, -0.25) is 0 Å². The van der Waals surface area contributed by atoms with E-state index < -0.39 is 0 Å². The lowest BCUT2D eigenvalue weighted by molar-refractivity contribution is 0.695. The first-order valence-corrected chi connectivity index (χ1v) is 7.52. The highest BCUT2D eigenvalue weighted by atomic mass is 32.2. The molecule has 1 saturated heterocycles. The van der Waals surface area contributed by atoms with E-state index in [4.69, 9.17) is 5.73 Å². The molecule has 2 rings (SSSR count). The van der Waals surface area contributed by atoms with Crippen LogP contribution in [0.5, 0.6) is 0 Å².